The van der Waals surface area contributed by atoms with Gasteiger partial charge in [0.1, 0.15) is 5.75 Å². The molecule has 1 amide bonds. The number of methoxy groups -OCH3 is 1. The minimum absolute atomic E-state index is 0.0279. The highest BCUT2D eigenvalue weighted by molar-refractivity contribution is 6.01. The average molecular weight is 296 g/mol. The van der Waals surface area contributed by atoms with E-state index in [0.717, 1.165) is 0 Å². The van der Waals surface area contributed by atoms with E-state index >= 15 is 0 Å². The SMILES string of the molecule is CCN(CCC(=O)O)C(=O)c1c(OC)cccc1[N+](=O)[O-]. The highest BCUT2D eigenvalue weighted by atomic mass is 16.6. The molecule has 0 heterocycles. The van der Waals surface area contributed by atoms with Crippen LogP contribution in [-0.4, -0.2) is 47.0 Å². The number of carboxylic acid groups (broad SMARTS) is 1. The first-order valence-corrected chi connectivity index (χ1v) is 6.24. The molecule has 1 aromatic rings. The van der Waals surface area contributed by atoms with Gasteiger partial charge in [-0.3, -0.25) is 19.7 Å². The summed E-state index contributed by atoms with van der Waals surface area (Å²) in [4.78, 5) is 34.7. The number of nitro benzene ring substituents is 1. The zero-order valence-electron chi connectivity index (χ0n) is 11.7. The molecule has 0 radical (unpaired) electrons. The predicted octanol–water partition coefficient (Wildman–Crippen LogP) is 1.54. The van der Waals surface area contributed by atoms with Gasteiger partial charge in [-0.15, -0.1) is 0 Å². The highest BCUT2D eigenvalue weighted by Crippen LogP contribution is 2.29. The Morgan fingerprint density at radius 1 is 1.43 bits per heavy atom. The maximum atomic E-state index is 12.4. The van der Waals surface area contributed by atoms with Gasteiger partial charge in [-0.1, -0.05) is 6.07 Å². The van der Waals surface area contributed by atoms with Gasteiger partial charge in [-0.25, -0.2) is 0 Å². The second-order valence-electron chi connectivity index (χ2n) is 4.14. The van der Waals surface area contributed by atoms with Gasteiger partial charge in [0.25, 0.3) is 11.6 Å². The molecule has 0 saturated heterocycles. The first-order valence-electron chi connectivity index (χ1n) is 6.24. The van der Waals surface area contributed by atoms with Crippen molar-refractivity contribution in [1.29, 1.82) is 0 Å². The maximum Gasteiger partial charge on any atom is 0.305 e. The number of carbonyl (C=O) groups is 2. The van der Waals surface area contributed by atoms with E-state index in [1.807, 2.05) is 0 Å². The molecule has 0 unspecified atom stereocenters. The minimum atomic E-state index is -1.05. The van der Waals surface area contributed by atoms with Crippen molar-refractivity contribution in [3.63, 3.8) is 0 Å². The largest absolute Gasteiger partial charge is 0.496 e. The summed E-state index contributed by atoms with van der Waals surface area (Å²) < 4.78 is 5.01. The molecule has 8 heteroatoms. The van der Waals surface area contributed by atoms with Crippen LogP contribution in [-0.2, 0) is 4.79 Å². The number of ether oxygens (including phenoxy) is 1. The van der Waals surface area contributed by atoms with Crippen LogP contribution in [0.5, 0.6) is 5.75 Å². The number of carbonyl (C=O) groups excluding carboxylic acids is 1. The first kappa shape index (κ1) is 16.4. The minimum Gasteiger partial charge on any atom is -0.496 e. The van der Waals surface area contributed by atoms with Crippen LogP contribution in [0.15, 0.2) is 18.2 Å². The van der Waals surface area contributed by atoms with E-state index in [0.29, 0.717) is 0 Å². The van der Waals surface area contributed by atoms with Crippen LogP contribution < -0.4 is 4.74 Å². The van der Waals surface area contributed by atoms with Crippen LogP contribution in [0.4, 0.5) is 5.69 Å². The molecule has 0 aliphatic rings. The van der Waals surface area contributed by atoms with Crippen molar-refractivity contribution in [2.45, 2.75) is 13.3 Å². The fourth-order valence-electron chi connectivity index (χ4n) is 1.85. The fraction of sp³-hybridized carbons (Fsp3) is 0.385. The third kappa shape index (κ3) is 3.91. The summed E-state index contributed by atoms with van der Waals surface area (Å²) in [5.74, 6) is -1.58. The molecular weight excluding hydrogens is 280 g/mol. The van der Waals surface area contributed by atoms with E-state index in [-0.39, 0.29) is 36.5 Å². The Morgan fingerprint density at radius 3 is 2.57 bits per heavy atom. The standard InChI is InChI=1S/C13H16N2O6/c1-3-14(8-7-11(16)17)13(18)12-9(15(19)20)5-4-6-10(12)21-2/h4-6H,3,7-8H2,1-2H3,(H,16,17). The van der Waals surface area contributed by atoms with Crippen LogP contribution in [0.2, 0.25) is 0 Å². The number of hydrogen-bond acceptors (Lipinski definition) is 5. The Labute approximate surface area is 121 Å². The molecule has 0 aromatic heterocycles. The second kappa shape index (κ2) is 7.22. The van der Waals surface area contributed by atoms with Crippen molar-refractivity contribution in [3.05, 3.63) is 33.9 Å². The van der Waals surface area contributed by atoms with E-state index < -0.39 is 16.8 Å². The van der Waals surface area contributed by atoms with Crippen molar-refractivity contribution in [2.75, 3.05) is 20.2 Å². The van der Waals surface area contributed by atoms with Gasteiger partial charge >= 0.3 is 5.97 Å². The van der Waals surface area contributed by atoms with Gasteiger partial charge in [0, 0.05) is 19.2 Å². The third-order valence-electron chi connectivity index (χ3n) is 2.90. The van der Waals surface area contributed by atoms with Crippen LogP contribution >= 0.6 is 0 Å². The van der Waals surface area contributed by atoms with Crippen LogP contribution in [0.1, 0.15) is 23.7 Å². The molecule has 0 atom stereocenters. The molecule has 1 rings (SSSR count). The summed E-state index contributed by atoms with van der Waals surface area (Å²) in [6.07, 6.45) is -0.234. The summed E-state index contributed by atoms with van der Waals surface area (Å²) in [5.41, 5.74) is -0.537. The molecule has 1 aromatic carbocycles. The van der Waals surface area contributed by atoms with Gasteiger partial charge in [-0.05, 0) is 13.0 Å². The quantitative estimate of drug-likeness (QED) is 0.603. The Balaban J connectivity index is 3.20. The Morgan fingerprint density at radius 2 is 2.10 bits per heavy atom. The third-order valence-corrected chi connectivity index (χ3v) is 2.90. The van der Waals surface area contributed by atoms with Crippen molar-refractivity contribution in [1.82, 2.24) is 4.90 Å². The van der Waals surface area contributed by atoms with Crippen molar-refractivity contribution < 1.29 is 24.4 Å². The van der Waals surface area contributed by atoms with Crippen LogP contribution in [0.3, 0.4) is 0 Å². The molecule has 0 aliphatic heterocycles. The van der Waals surface area contributed by atoms with Gasteiger partial charge in [-0.2, -0.15) is 0 Å². The fourth-order valence-corrected chi connectivity index (χ4v) is 1.85. The maximum absolute atomic E-state index is 12.4. The Bertz CT molecular complexity index is 558. The van der Waals surface area contributed by atoms with Gasteiger partial charge in [0.15, 0.2) is 5.56 Å². The zero-order chi connectivity index (χ0) is 16.0. The number of nitro groups is 1. The van der Waals surface area contributed by atoms with Crippen LogP contribution in [0.25, 0.3) is 0 Å². The lowest BCUT2D eigenvalue weighted by Crippen LogP contribution is -2.33. The number of aliphatic carboxylic acids is 1. The molecule has 0 spiro atoms. The van der Waals surface area contributed by atoms with E-state index in [1.54, 1.807) is 6.92 Å². The van der Waals surface area contributed by atoms with E-state index in [1.165, 1.54) is 30.2 Å². The first-order chi connectivity index (χ1) is 9.92. The summed E-state index contributed by atoms with van der Waals surface area (Å²) in [7, 11) is 1.31. The topological polar surface area (TPSA) is 110 Å². The molecule has 1 N–H and O–H groups in total. The molecule has 0 saturated carbocycles. The summed E-state index contributed by atoms with van der Waals surface area (Å²) in [6.45, 7) is 1.88. The van der Waals surface area contributed by atoms with Crippen molar-refractivity contribution in [3.8, 4) is 5.75 Å². The van der Waals surface area contributed by atoms with Crippen LogP contribution in [0, 0.1) is 10.1 Å². The zero-order valence-corrected chi connectivity index (χ0v) is 11.7. The predicted molar refractivity (Wildman–Crippen MR) is 73.5 cm³/mol. The Hall–Kier alpha value is -2.64. The number of nitrogens with zero attached hydrogens (tertiary/aromatic N) is 2. The number of rotatable bonds is 7. The molecular formula is C13H16N2O6. The van der Waals surface area contributed by atoms with Gasteiger partial charge in [0.2, 0.25) is 0 Å². The van der Waals surface area contributed by atoms with E-state index in [4.69, 9.17) is 9.84 Å². The Kier molecular flexibility index (Phi) is 5.65. The summed E-state index contributed by atoms with van der Waals surface area (Å²) in [6, 6.07) is 4.08. The molecule has 8 nitrogen and oxygen atoms in total. The van der Waals surface area contributed by atoms with E-state index in [9.17, 15) is 19.7 Å². The number of hydrogen-bond donors (Lipinski definition) is 1. The molecule has 21 heavy (non-hydrogen) atoms. The number of benzene rings is 1. The number of amides is 1. The summed E-state index contributed by atoms with van der Waals surface area (Å²) in [5, 5.41) is 19.7. The summed E-state index contributed by atoms with van der Waals surface area (Å²) >= 11 is 0. The van der Waals surface area contributed by atoms with Crippen molar-refractivity contribution in [2.24, 2.45) is 0 Å². The van der Waals surface area contributed by atoms with Gasteiger partial charge in [0.05, 0.1) is 18.5 Å². The molecule has 0 aliphatic carbocycles. The second-order valence-corrected chi connectivity index (χ2v) is 4.14. The van der Waals surface area contributed by atoms with E-state index in [2.05, 4.69) is 0 Å². The molecule has 0 fully saturated rings. The molecule has 114 valence electrons. The monoisotopic (exact) mass is 296 g/mol. The smallest absolute Gasteiger partial charge is 0.305 e. The highest BCUT2D eigenvalue weighted by Gasteiger charge is 2.28. The van der Waals surface area contributed by atoms with Crippen molar-refractivity contribution >= 4 is 17.6 Å². The molecule has 0 bridgehead atoms. The lowest BCUT2D eigenvalue weighted by molar-refractivity contribution is -0.385. The lowest BCUT2D eigenvalue weighted by Gasteiger charge is -2.21. The van der Waals surface area contributed by atoms with Gasteiger partial charge < -0.3 is 14.7 Å². The normalized spacial score (nSPS) is 10.0. The number of carboxylic acids is 1. The average Bonchev–Trinajstić information content (AvgIpc) is 2.46. The lowest BCUT2D eigenvalue weighted by atomic mass is 10.1.